The zero-order valence-corrected chi connectivity index (χ0v) is 5.51. The van der Waals surface area contributed by atoms with Crippen molar-refractivity contribution in [2.75, 3.05) is 7.05 Å². The van der Waals surface area contributed by atoms with E-state index in [1.807, 2.05) is 13.8 Å². The predicted octanol–water partition coefficient (Wildman–Crippen LogP) is -0.0124. The van der Waals surface area contributed by atoms with E-state index in [0.29, 0.717) is 6.04 Å². The van der Waals surface area contributed by atoms with Crippen molar-refractivity contribution in [3.8, 4) is 0 Å². The monoisotopic (exact) mass is 116 g/mol. The second-order valence-corrected chi connectivity index (χ2v) is 2.00. The van der Waals surface area contributed by atoms with Crippen molar-refractivity contribution >= 4 is 6.41 Å². The van der Waals surface area contributed by atoms with Crippen LogP contribution >= 0.6 is 0 Å². The van der Waals surface area contributed by atoms with Gasteiger partial charge in [0.15, 0.2) is 0 Å². The van der Waals surface area contributed by atoms with Crippen LogP contribution in [0.4, 0.5) is 0 Å². The van der Waals surface area contributed by atoms with Gasteiger partial charge in [0.05, 0.1) is 0 Å². The van der Waals surface area contributed by atoms with E-state index in [4.69, 9.17) is 0 Å². The summed E-state index contributed by atoms with van der Waals surface area (Å²) in [5.74, 6) is 0. The molecule has 0 heterocycles. The van der Waals surface area contributed by atoms with Gasteiger partial charge in [0.2, 0.25) is 6.41 Å². The quantitative estimate of drug-likeness (QED) is 0.415. The van der Waals surface area contributed by atoms with Crippen molar-refractivity contribution in [2.45, 2.75) is 19.9 Å². The maximum Gasteiger partial charge on any atom is 0.223 e. The molecule has 8 heavy (non-hydrogen) atoms. The lowest BCUT2D eigenvalue weighted by molar-refractivity contribution is -0.119. The smallest absolute Gasteiger partial charge is 0.223 e. The summed E-state index contributed by atoms with van der Waals surface area (Å²) in [6, 6.07) is 0.324. The van der Waals surface area contributed by atoms with Gasteiger partial charge in [-0.05, 0) is 13.8 Å². The first-order valence-electron chi connectivity index (χ1n) is 2.61. The molecule has 0 radical (unpaired) electrons. The van der Waals surface area contributed by atoms with Crippen LogP contribution in [0, 0.1) is 0 Å². The molecule has 0 fully saturated rings. The van der Waals surface area contributed by atoms with Crippen LogP contribution in [0.25, 0.3) is 0 Å². The van der Waals surface area contributed by atoms with Gasteiger partial charge >= 0.3 is 0 Å². The second kappa shape index (κ2) is 3.43. The van der Waals surface area contributed by atoms with E-state index >= 15 is 0 Å². The Balaban J connectivity index is 3.23. The average molecular weight is 116 g/mol. The first kappa shape index (κ1) is 7.43. The molecule has 0 unspecified atom stereocenters. The molecule has 0 rings (SSSR count). The van der Waals surface area contributed by atoms with E-state index in [0.717, 1.165) is 6.41 Å². The summed E-state index contributed by atoms with van der Waals surface area (Å²) in [6.45, 7) is 3.94. The van der Waals surface area contributed by atoms with Crippen molar-refractivity contribution in [1.29, 1.82) is 0 Å². The van der Waals surface area contributed by atoms with Crippen LogP contribution < -0.4 is 5.43 Å². The fourth-order valence-corrected chi connectivity index (χ4v) is 0.438. The van der Waals surface area contributed by atoms with Crippen LogP contribution in [-0.4, -0.2) is 24.5 Å². The molecular weight excluding hydrogens is 104 g/mol. The lowest BCUT2D eigenvalue weighted by Gasteiger charge is -2.14. The topological polar surface area (TPSA) is 32.3 Å². The average Bonchev–Trinajstić information content (AvgIpc) is 1.65. The summed E-state index contributed by atoms with van der Waals surface area (Å²) in [6.07, 6.45) is 0.736. The Bertz CT molecular complexity index is 72.8. The lowest BCUT2D eigenvalue weighted by atomic mass is 10.4. The van der Waals surface area contributed by atoms with Crippen LogP contribution in [0.5, 0.6) is 0 Å². The molecule has 0 aromatic rings. The standard InChI is InChI=1S/C5H12N2O/c1-5(2)6-7(3)4-8/h4-6H,1-3H3. The summed E-state index contributed by atoms with van der Waals surface area (Å²) in [7, 11) is 1.67. The van der Waals surface area contributed by atoms with E-state index in [9.17, 15) is 4.79 Å². The molecule has 0 saturated heterocycles. The summed E-state index contributed by atoms with van der Waals surface area (Å²) in [5.41, 5.74) is 2.86. The number of hydrogen-bond acceptors (Lipinski definition) is 2. The van der Waals surface area contributed by atoms with Crippen molar-refractivity contribution in [2.24, 2.45) is 0 Å². The lowest BCUT2D eigenvalue weighted by Crippen LogP contribution is -2.37. The van der Waals surface area contributed by atoms with E-state index < -0.39 is 0 Å². The van der Waals surface area contributed by atoms with Gasteiger partial charge in [0.1, 0.15) is 0 Å². The van der Waals surface area contributed by atoms with Crippen LogP contribution in [0.3, 0.4) is 0 Å². The second-order valence-electron chi connectivity index (χ2n) is 2.00. The minimum atomic E-state index is 0.324. The minimum absolute atomic E-state index is 0.324. The molecule has 0 aliphatic heterocycles. The molecule has 0 aliphatic carbocycles. The zero-order chi connectivity index (χ0) is 6.57. The van der Waals surface area contributed by atoms with Crippen LogP contribution in [-0.2, 0) is 4.79 Å². The van der Waals surface area contributed by atoms with Crippen molar-refractivity contribution in [3.05, 3.63) is 0 Å². The Morgan fingerprint density at radius 3 is 2.25 bits per heavy atom. The third-order valence-corrected chi connectivity index (χ3v) is 0.620. The number of nitrogens with zero attached hydrogens (tertiary/aromatic N) is 1. The summed E-state index contributed by atoms with van der Waals surface area (Å²) < 4.78 is 0. The Morgan fingerprint density at radius 1 is 1.62 bits per heavy atom. The molecule has 0 aromatic carbocycles. The number of carbonyl (C=O) groups is 1. The number of hydrogen-bond donors (Lipinski definition) is 1. The summed E-state index contributed by atoms with van der Waals surface area (Å²) >= 11 is 0. The van der Waals surface area contributed by atoms with Gasteiger partial charge in [0.25, 0.3) is 0 Å². The molecule has 0 atom stereocenters. The number of rotatable bonds is 3. The largest absolute Gasteiger partial charge is 0.284 e. The highest BCUT2D eigenvalue weighted by Gasteiger charge is 1.92. The van der Waals surface area contributed by atoms with Gasteiger partial charge < -0.3 is 0 Å². The Morgan fingerprint density at radius 2 is 2.12 bits per heavy atom. The first-order valence-corrected chi connectivity index (χ1v) is 2.61. The maximum atomic E-state index is 9.90. The first-order chi connectivity index (χ1) is 3.66. The van der Waals surface area contributed by atoms with Gasteiger partial charge in [-0.25, -0.2) is 5.43 Å². The van der Waals surface area contributed by atoms with Crippen molar-refractivity contribution < 1.29 is 4.79 Å². The number of hydrazine groups is 1. The highest BCUT2D eigenvalue weighted by Crippen LogP contribution is 1.75. The fraction of sp³-hybridized carbons (Fsp3) is 0.800. The van der Waals surface area contributed by atoms with E-state index in [1.165, 1.54) is 5.01 Å². The highest BCUT2D eigenvalue weighted by atomic mass is 16.1. The molecule has 3 nitrogen and oxygen atoms in total. The van der Waals surface area contributed by atoms with E-state index in [1.54, 1.807) is 7.05 Å². The van der Waals surface area contributed by atoms with Crippen LogP contribution in [0.2, 0.25) is 0 Å². The number of amides is 1. The predicted molar refractivity (Wildman–Crippen MR) is 32.1 cm³/mol. The Labute approximate surface area is 49.6 Å². The Hall–Kier alpha value is -0.570. The van der Waals surface area contributed by atoms with Gasteiger partial charge in [-0.3, -0.25) is 9.80 Å². The molecular formula is C5H12N2O. The minimum Gasteiger partial charge on any atom is -0.284 e. The third kappa shape index (κ3) is 3.61. The van der Waals surface area contributed by atoms with Crippen LogP contribution in [0.1, 0.15) is 13.8 Å². The molecule has 0 bridgehead atoms. The molecule has 48 valence electrons. The number of carbonyl (C=O) groups excluding carboxylic acids is 1. The Kier molecular flexibility index (Phi) is 3.19. The van der Waals surface area contributed by atoms with E-state index in [-0.39, 0.29) is 0 Å². The van der Waals surface area contributed by atoms with E-state index in [2.05, 4.69) is 5.43 Å². The van der Waals surface area contributed by atoms with Gasteiger partial charge in [0, 0.05) is 13.1 Å². The maximum absolute atomic E-state index is 9.90. The summed E-state index contributed by atoms with van der Waals surface area (Å²) in [5, 5.41) is 1.39. The van der Waals surface area contributed by atoms with Crippen LogP contribution in [0.15, 0.2) is 0 Å². The fourth-order valence-electron chi connectivity index (χ4n) is 0.438. The molecule has 0 aromatic heterocycles. The molecule has 0 spiro atoms. The molecule has 0 aliphatic rings. The van der Waals surface area contributed by atoms with Gasteiger partial charge in [-0.15, -0.1) is 0 Å². The normalized spacial score (nSPS) is 9.50. The van der Waals surface area contributed by atoms with Crippen molar-refractivity contribution in [3.63, 3.8) is 0 Å². The molecule has 3 heteroatoms. The number of nitrogens with one attached hydrogen (secondary N) is 1. The molecule has 0 saturated carbocycles. The molecule has 1 amide bonds. The summed E-state index contributed by atoms with van der Waals surface area (Å²) in [4.78, 5) is 9.90. The highest BCUT2D eigenvalue weighted by molar-refractivity contribution is 5.45. The SMILES string of the molecule is CC(C)NN(C)C=O. The third-order valence-electron chi connectivity index (χ3n) is 0.620. The van der Waals surface area contributed by atoms with Crippen molar-refractivity contribution in [1.82, 2.24) is 10.4 Å². The zero-order valence-electron chi connectivity index (χ0n) is 5.51. The van der Waals surface area contributed by atoms with Gasteiger partial charge in [-0.2, -0.15) is 0 Å². The van der Waals surface area contributed by atoms with Gasteiger partial charge in [-0.1, -0.05) is 0 Å². The molecule has 1 N–H and O–H groups in total.